The van der Waals surface area contributed by atoms with Crippen LogP contribution in [-0.4, -0.2) is 53.9 Å². The first kappa shape index (κ1) is 21.3. The first-order valence-electron chi connectivity index (χ1n) is 9.86. The van der Waals surface area contributed by atoms with E-state index in [0.29, 0.717) is 32.1 Å². The number of nitrogens with zero attached hydrogens (tertiary/aromatic N) is 2. The Morgan fingerprint density at radius 2 is 1.56 bits per heavy atom. The van der Waals surface area contributed by atoms with Gasteiger partial charge in [-0.1, -0.05) is 46.8 Å². The molecule has 0 bridgehead atoms. The SMILES string of the molecule is Cc1ccc(C(C)C)c(OC(C)C(=O)N2CCN(C(=O)C(C)(C)C)CC2)c1. The maximum Gasteiger partial charge on any atom is 0.263 e. The second kappa shape index (κ2) is 8.32. The van der Waals surface area contributed by atoms with Crippen molar-refractivity contribution in [3.8, 4) is 5.75 Å². The first-order valence-corrected chi connectivity index (χ1v) is 9.86. The molecule has 150 valence electrons. The molecule has 0 radical (unpaired) electrons. The Bertz CT molecular complexity index is 683. The monoisotopic (exact) mass is 374 g/mol. The van der Waals surface area contributed by atoms with Crippen molar-refractivity contribution in [1.29, 1.82) is 0 Å². The molecule has 2 amide bonds. The number of carbonyl (C=O) groups excluding carboxylic acids is 2. The van der Waals surface area contributed by atoms with Gasteiger partial charge in [-0.05, 0) is 37.0 Å². The predicted octanol–water partition coefficient (Wildman–Crippen LogP) is 3.60. The van der Waals surface area contributed by atoms with Gasteiger partial charge in [0.2, 0.25) is 5.91 Å². The van der Waals surface area contributed by atoms with Crippen LogP contribution in [0.5, 0.6) is 5.75 Å². The summed E-state index contributed by atoms with van der Waals surface area (Å²) >= 11 is 0. The van der Waals surface area contributed by atoms with Gasteiger partial charge in [0.15, 0.2) is 6.10 Å². The summed E-state index contributed by atoms with van der Waals surface area (Å²) in [5.74, 6) is 1.23. The number of ether oxygens (including phenoxy) is 1. The maximum absolute atomic E-state index is 12.8. The van der Waals surface area contributed by atoms with Crippen molar-refractivity contribution in [2.45, 2.75) is 60.5 Å². The molecule has 1 aromatic rings. The van der Waals surface area contributed by atoms with Crippen molar-refractivity contribution in [1.82, 2.24) is 9.80 Å². The number of rotatable bonds is 4. The van der Waals surface area contributed by atoms with Gasteiger partial charge in [-0.3, -0.25) is 9.59 Å². The van der Waals surface area contributed by atoms with Crippen molar-refractivity contribution in [3.05, 3.63) is 29.3 Å². The summed E-state index contributed by atoms with van der Waals surface area (Å²) in [4.78, 5) is 28.9. The minimum atomic E-state index is -0.547. The Labute approximate surface area is 163 Å². The van der Waals surface area contributed by atoms with Crippen LogP contribution >= 0.6 is 0 Å². The van der Waals surface area contributed by atoms with Crippen molar-refractivity contribution in [3.63, 3.8) is 0 Å². The Morgan fingerprint density at radius 3 is 2.07 bits per heavy atom. The molecule has 0 aliphatic carbocycles. The molecular weight excluding hydrogens is 340 g/mol. The molecule has 0 N–H and O–H groups in total. The van der Waals surface area contributed by atoms with Gasteiger partial charge in [-0.2, -0.15) is 0 Å². The van der Waals surface area contributed by atoms with Gasteiger partial charge in [0.1, 0.15) is 5.75 Å². The molecule has 1 heterocycles. The molecule has 0 aromatic heterocycles. The zero-order valence-corrected chi connectivity index (χ0v) is 17.8. The summed E-state index contributed by atoms with van der Waals surface area (Å²) in [6.07, 6.45) is -0.547. The Kier molecular flexibility index (Phi) is 6.55. The van der Waals surface area contributed by atoms with Crippen LogP contribution in [0.3, 0.4) is 0 Å². The second-order valence-electron chi connectivity index (χ2n) is 8.82. The predicted molar refractivity (Wildman–Crippen MR) is 108 cm³/mol. The third-order valence-electron chi connectivity index (χ3n) is 4.96. The highest BCUT2D eigenvalue weighted by Gasteiger charge is 2.32. The number of carbonyl (C=O) groups is 2. The van der Waals surface area contributed by atoms with Gasteiger partial charge in [0.25, 0.3) is 5.91 Å². The average Bonchev–Trinajstić information content (AvgIpc) is 2.59. The molecule has 1 saturated heterocycles. The average molecular weight is 375 g/mol. The van der Waals surface area contributed by atoms with E-state index in [2.05, 4.69) is 26.0 Å². The van der Waals surface area contributed by atoms with E-state index in [9.17, 15) is 9.59 Å². The Balaban J connectivity index is 1.99. The highest BCUT2D eigenvalue weighted by Crippen LogP contribution is 2.28. The lowest BCUT2D eigenvalue weighted by Crippen LogP contribution is -2.55. The van der Waals surface area contributed by atoms with Crippen LogP contribution < -0.4 is 4.74 Å². The third kappa shape index (κ3) is 5.24. The normalized spacial score (nSPS) is 16.4. The van der Waals surface area contributed by atoms with Crippen LogP contribution in [0.1, 0.15) is 58.6 Å². The zero-order chi connectivity index (χ0) is 20.4. The fourth-order valence-electron chi connectivity index (χ4n) is 3.32. The fourth-order valence-corrected chi connectivity index (χ4v) is 3.32. The van der Waals surface area contributed by atoms with Gasteiger partial charge in [-0.15, -0.1) is 0 Å². The molecule has 1 fully saturated rings. The second-order valence-corrected chi connectivity index (χ2v) is 8.82. The van der Waals surface area contributed by atoms with Gasteiger partial charge >= 0.3 is 0 Å². The minimum absolute atomic E-state index is 0.0194. The van der Waals surface area contributed by atoms with E-state index >= 15 is 0 Å². The van der Waals surface area contributed by atoms with E-state index < -0.39 is 6.10 Å². The molecule has 27 heavy (non-hydrogen) atoms. The highest BCUT2D eigenvalue weighted by atomic mass is 16.5. The minimum Gasteiger partial charge on any atom is -0.481 e. The maximum atomic E-state index is 12.8. The molecule has 1 aliphatic rings. The number of hydrogen-bond donors (Lipinski definition) is 0. The van der Waals surface area contributed by atoms with E-state index in [4.69, 9.17) is 4.74 Å². The lowest BCUT2D eigenvalue weighted by Gasteiger charge is -2.38. The van der Waals surface area contributed by atoms with Crippen LogP contribution in [-0.2, 0) is 9.59 Å². The summed E-state index contributed by atoms with van der Waals surface area (Å²) < 4.78 is 6.06. The molecule has 2 rings (SSSR count). The summed E-state index contributed by atoms with van der Waals surface area (Å²) in [5.41, 5.74) is 1.84. The largest absolute Gasteiger partial charge is 0.481 e. The summed E-state index contributed by atoms with van der Waals surface area (Å²) in [7, 11) is 0. The van der Waals surface area contributed by atoms with Crippen molar-refractivity contribution < 1.29 is 14.3 Å². The zero-order valence-electron chi connectivity index (χ0n) is 17.8. The number of benzene rings is 1. The highest BCUT2D eigenvalue weighted by molar-refractivity contribution is 5.83. The molecule has 5 heteroatoms. The van der Waals surface area contributed by atoms with Crippen LogP contribution in [0.4, 0.5) is 0 Å². The first-order chi connectivity index (χ1) is 12.5. The number of piperazine rings is 1. The van der Waals surface area contributed by atoms with E-state index in [0.717, 1.165) is 16.9 Å². The Hall–Kier alpha value is -2.04. The summed E-state index contributed by atoms with van der Waals surface area (Å²) in [5, 5.41) is 0. The molecule has 1 aliphatic heterocycles. The van der Waals surface area contributed by atoms with Crippen molar-refractivity contribution in [2.75, 3.05) is 26.2 Å². The lowest BCUT2D eigenvalue weighted by atomic mass is 9.94. The number of hydrogen-bond acceptors (Lipinski definition) is 3. The van der Waals surface area contributed by atoms with Crippen molar-refractivity contribution >= 4 is 11.8 Å². The molecule has 5 nitrogen and oxygen atoms in total. The van der Waals surface area contributed by atoms with Gasteiger partial charge < -0.3 is 14.5 Å². The van der Waals surface area contributed by atoms with Gasteiger partial charge in [0, 0.05) is 31.6 Å². The molecule has 1 atom stereocenters. The smallest absolute Gasteiger partial charge is 0.263 e. The third-order valence-corrected chi connectivity index (χ3v) is 4.96. The quantitative estimate of drug-likeness (QED) is 0.809. The van der Waals surface area contributed by atoms with Crippen LogP contribution in [0.2, 0.25) is 0 Å². The molecule has 1 unspecified atom stereocenters. The van der Waals surface area contributed by atoms with E-state index in [1.54, 1.807) is 6.92 Å². The van der Waals surface area contributed by atoms with Crippen molar-refractivity contribution in [2.24, 2.45) is 5.41 Å². The fraction of sp³-hybridized carbons (Fsp3) is 0.636. The van der Waals surface area contributed by atoms with E-state index in [1.807, 2.05) is 43.6 Å². The van der Waals surface area contributed by atoms with E-state index in [-0.39, 0.29) is 17.2 Å². The van der Waals surface area contributed by atoms with E-state index in [1.165, 1.54) is 0 Å². The topological polar surface area (TPSA) is 49.9 Å². The molecule has 0 saturated carbocycles. The van der Waals surface area contributed by atoms with Gasteiger partial charge in [0.05, 0.1) is 0 Å². The molecule has 1 aromatic carbocycles. The standard InChI is InChI=1S/C22H34N2O3/c1-15(2)18-9-8-16(3)14-19(18)27-17(4)20(25)23-10-12-24(13-11-23)21(26)22(5,6)7/h8-9,14-15,17H,10-13H2,1-7H3. The number of aryl methyl sites for hydroxylation is 1. The number of amides is 2. The molecular formula is C22H34N2O3. The van der Waals surface area contributed by atoms with Crippen LogP contribution in [0.25, 0.3) is 0 Å². The van der Waals surface area contributed by atoms with Gasteiger partial charge in [-0.25, -0.2) is 0 Å². The molecule has 0 spiro atoms. The summed E-state index contributed by atoms with van der Waals surface area (Å²) in [6, 6.07) is 6.14. The Morgan fingerprint density at radius 1 is 1.00 bits per heavy atom. The van der Waals surface area contributed by atoms with Crippen LogP contribution in [0.15, 0.2) is 18.2 Å². The lowest BCUT2D eigenvalue weighted by molar-refractivity contribution is -0.147. The summed E-state index contributed by atoms with van der Waals surface area (Å²) in [6.45, 7) is 16.1. The van der Waals surface area contributed by atoms with Crippen LogP contribution in [0, 0.1) is 12.3 Å².